The van der Waals surface area contributed by atoms with Crippen molar-refractivity contribution in [3.8, 4) is 11.5 Å². The molecule has 0 fully saturated rings. The molecule has 94 valence electrons. The van der Waals surface area contributed by atoms with E-state index >= 15 is 0 Å². The fourth-order valence-electron chi connectivity index (χ4n) is 1.61. The summed E-state index contributed by atoms with van der Waals surface area (Å²) in [6.07, 6.45) is 0. The van der Waals surface area contributed by atoms with Crippen molar-refractivity contribution in [2.45, 2.75) is 6.54 Å². The summed E-state index contributed by atoms with van der Waals surface area (Å²) in [5, 5.41) is 3.32. The largest absolute Gasteiger partial charge is 0.456 e. The van der Waals surface area contributed by atoms with Crippen molar-refractivity contribution in [2.24, 2.45) is 0 Å². The molecule has 0 aliphatic heterocycles. The van der Waals surface area contributed by atoms with Crippen molar-refractivity contribution in [1.82, 2.24) is 5.32 Å². The molecule has 4 heteroatoms. The van der Waals surface area contributed by atoms with Crippen molar-refractivity contribution in [1.29, 1.82) is 0 Å². The SMILES string of the molecule is CNCc1cccc(Oc2ccc(F)cc2Cl)c1. The van der Waals surface area contributed by atoms with E-state index in [4.69, 9.17) is 16.3 Å². The lowest BCUT2D eigenvalue weighted by Gasteiger charge is -2.09. The maximum atomic E-state index is 12.9. The summed E-state index contributed by atoms with van der Waals surface area (Å²) >= 11 is 5.90. The van der Waals surface area contributed by atoms with Gasteiger partial charge in [0.1, 0.15) is 17.3 Å². The number of rotatable bonds is 4. The molecule has 1 N–H and O–H groups in total. The summed E-state index contributed by atoms with van der Waals surface area (Å²) in [5.41, 5.74) is 1.10. The Morgan fingerprint density at radius 3 is 2.78 bits per heavy atom. The van der Waals surface area contributed by atoms with Crippen LogP contribution in [0.25, 0.3) is 0 Å². The summed E-state index contributed by atoms with van der Waals surface area (Å²) in [5.74, 6) is 0.743. The quantitative estimate of drug-likeness (QED) is 0.902. The Balaban J connectivity index is 2.20. The average molecular weight is 266 g/mol. The normalized spacial score (nSPS) is 10.4. The molecule has 0 heterocycles. The molecule has 2 aromatic carbocycles. The van der Waals surface area contributed by atoms with Gasteiger partial charge in [-0.3, -0.25) is 0 Å². The first-order valence-electron chi connectivity index (χ1n) is 5.55. The predicted molar refractivity (Wildman–Crippen MR) is 70.7 cm³/mol. The van der Waals surface area contributed by atoms with Crippen LogP contribution in [0.2, 0.25) is 5.02 Å². The van der Waals surface area contributed by atoms with Crippen LogP contribution in [0.3, 0.4) is 0 Å². The van der Waals surface area contributed by atoms with Crippen LogP contribution in [-0.2, 0) is 6.54 Å². The molecule has 0 amide bonds. The zero-order valence-electron chi connectivity index (χ0n) is 9.91. The minimum Gasteiger partial charge on any atom is -0.456 e. The summed E-state index contributed by atoms with van der Waals surface area (Å²) < 4.78 is 18.5. The van der Waals surface area contributed by atoms with Crippen LogP contribution in [0.4, 0.5) is 4.39 Å². The molecule has 0 aliphatic rings. The van der Waals surface area contributed by atoms with E-state index in [1.807, 2.05) is 31.3 Å². The van der Waals surface area contributed by atoms with Gasteiger partial charge in [-0.1, -0.05) is 23.7 Å². The highest BCUT2D eigenvalue weighted by atomic mass is 35.5. The number of hydrogen-bond acceptors (Lipinski definition) is 2. The van der Waals surface area contributed by atoms with E-state index in [1.165, 1.54) is 18.2 Å². The van der Waals surface area contributed by atoms with E-state index < -0.39 is 0 Å². The summed E-state index contributed by atoms with van der Waals surface area (Å²) in [7, 11) is 1.88. The van der Waals surface area contributed by atoms with Crippen molar-refractivity contribution in [3.63, 3.8) is 0 Å². The highest BCUT2D eigenvalue weighted by molar-refractivity contribution is 6.32. The molecule has 0 aliphatic carbocycles. The van der Waals surface area contributed by atoms with Crippen LogP contribution in [-0.4, -0.2) is 7.05 Å². The summed E-state index contributed by atoms with van der Waals surface area (Å²) in [6, 6.07) is 11.7. The van der Waals surface area contributed by atoms with Gasteiger partial charge in [-0.15, -0.1) is 0 Å². The van der Waals surface area contributed by atoms with Gasteiger partial charge in [0.2, 0.25) is 0 Å². The second-order valence-electron chi connectivity index (χ2n) is 3.85. The Labute approximate surface area is 110 Å². The lowest BCUT2D eigenvalue weighted by molar-refractivity contribution is 0.480. The van der Waals surface area contributed by atoms with Gasteiger partial charge in [0.25, 0.3) is 0 Å². The zero-order chi connectivity index (χ0) is 13.0. The lowest BCUT2D eigenvalue weighted by Crippen LogP contribution is -2.04. The van der Waals surface area contributed by atoms with E-state index in [0.717, 1.165) is 12.1 Å². The third kappa shape index (κ3) is 3.22. The molecule has 2 rings (SSSR count). The van der Waals surface area contributed by atoms with Gasteiger partial charge in [-0.05, 0) is 42.9 Å². The third-order valence-electron chi connectivity index (χ3n) is 2.40. The van der Waals surface area contributed by atoms with Crippen LogP contribution in [0.1, 0.15) is 5.56 Å². The van der Waals surface area contributed by atoms with Gasteiger partial charge < -0.3 is 10.1 Å². The maximum absolute atomic E-state index is 12.9. The molecule has 0 aromatic heterocycles. The molecule has 0 unspecified atom stereocenters. The molecule has 0 spiro atoms. The van der Waals surface area contributed by atoms with Gasteiger partial charge in [-0.2, -0.15) is 0 Å². The molecular formula is C14H13ClFNO. The van der Waals surface area contributed by atoms with Crippen molar-refractivity contribution < 1.29 is 9.13 Å². The fraction of sp³-hybridized carbons (Fsp3) is 0.143. The molecule has 2 nitrogen and oxygen atoms in total. The second kappa shape index (κ2) is 5.85. The van der Waals surface area contributed by atoms with E-state index in [2.05, 4.69) is 5.32 Å². The molecule has 0 saturated heterocycles. The molecule has 0 atom stereocenters. The minimum atomic E-state index is -0.378. The average Bonchev–Trinajstić information content (AvgIpc) is 2.34. The first-order valence-corrected chi connectivity index (χ1v) is 5.93. The predicted octanol–water partition coefficient (Wildman–Crippen LogP) is 3.99. The molecule has 0 radical (unpaired) electrons. The second-order valence-corrected chi connectivity index (χ2v) is 4.26. The molecule has 18 heavy (non-hydrogen) atoms. The van der Waals surface area contributed by atoms with Crippen LogP contribution in [0.5, 0.6) is 11.5 Å². The Kier molecular flexibility index (Phi) is 4.18. The first-order chi connectivity index (χ1) is 8.69. The van der Waals surface area contributed by atoms with E-state index in [-0.39, 0.29) is 10.8 Å². The van der Waals surface area contributed by atoms with E-state index in [0.29, 0.717) is 11.5 Å². The van der Waals surface area contributed by atoms with E-state index in [9.17, 15) is 4.39 Å². The smallest absolute Gasteiger partial charge is 0.146 e. The van der Waals surface area contributed by atoms with Crippen LogP contribution in [0.15, 0.2) is 42.5 Å². The lowest BCUT2D eigenvalue weighted by atomic mass is 10.2. The number of benzene rings is 2. The van der Waals surface area contributed by atoms with Gasteiger partial charge in [0.05, 0.1) is 5.02 Å². The zero-order valence-corrected chi connectivity index (χ0v) is 10.7. The van der Waals surface area contributed by atoms with Crippen molar-refractivity contribution in [2.75, 3.05) is 7.05 Å². The van der Waals surface area contributed by atoms with Crippen LogP contribution in [0, 0.1) is 5.82 Å². The van der Waals surface area contributed by atoms with Gasteiger partial charge in [-0.25, -0.2) is 4.39 Å². The number of nitrogens with one attached hydrogen (secondary N) is 1. The Bertz CT molecular complexity index is 545. The topological polar surface area (TPSA) is 21.3 Å². The highest BCUT2D eigenvalue weighted by Gasteiger charge is 2.05. The highest BCUT2D eigenvalue weighted by Crippen LogP contribution is 2.30. The monoisotopic (exact) mass is 265 g/mol. The molecular weight excluding hydrogens is 253 g/mol. The first kappa shape index (κ1) is 12.9. The minimum absolute atomic E-state index is 0.258. The standard InChI is InChI=1S/C14H13ClFNO/c1-17-9-10-3-2-4-12(7-10)18-14-6-5-11(16)8-13(14)15/h2-8,17H,9H2,1H3. The van der Waals surface area contributed by atoms with E-state index in [1.54, 1.807) is 0 Å². The summed E-state index contributed by atoms with van der Waals surface area (Å²) in [4.78, 5) is 0. The number of hydrogen-bond donors (Lipinski definition) is 1. The Morgan fingerprint density at radius 1 is 1.22 bits per heavy atom. The fourth-order valence-corrected chi connectivity index (χ4v) is 1.81. The maximum Gasteiger partial charge on any atom is 0.146 e. The third-order valence-corrected chi connectivity index (χ3v) is 2.70. The molecule has 2 aromatic rings. The van der Waals surface area contributed by atoms with Crippen LogP contribution < -0.4 is 10.1 Å². The van der Waals surface area contributed by atoms with Crippen molar-refractivity contribution >= 4 is 11.6 Å². The number of halogens is 2. The van der Waals surface area contributed by atoms with Crippen LogP contribution >= 0.6 is 11.6 Å². The molecule has 0 bridgehead atoms. The van der Waals surface area contributed by atoms with Gasteiger partial charge >= 0.3 is 0 Å². The Hall–Kier alpha value is -1.58. The molecule has 0 saturated carbocycles. The summed E-state index contributed by atoms with van der Waals surface area (Å²) in [6.45, 7) is 0.758. The Morgan fingerprint density at radius 2 is 2.06 bits per heavy atom. The number of ether oxygens (including phenoxy) is 1. The van der Waals surface area contributed by atoms with Gasteiger partial charge in [0.15, 0.2) is 0 Å². The van der Waals surface area contributed by atoms with Crippen molar-refractivity contribution in [3.05, 3.63) is 58.9 Å². The van der Waals surface area contributed by atoms with Gasteiger partial charge in [0, 0.05) is 6.54 Å².